The normalized spacial score (nSPS) is 10.9. The Morgan fingerprint density at radius 1 is 1.30 bits per heavy atom. The summed E-state index contributed by atoms with van der Waals surface area (Å²) >= 11 is 11.8. The van der Waals surface area contributed by atoms with Crippen LogP contribution in [0, 0.1) is 11.3 Å². The molecule has 2 rings (SSSR count). The van der Waals surface area contributed by atoms with Gasteiger partial charge in [0.2, 0.25) is 15.0 Å². The van der Waals surface area contributed by atoms with E-state index in [2.05, 4.69) is 15.3 Å². The Bertz CT molecular complexity index is 939. The first kappa shape index (κ1) is 17.1. The Balaban J connectivity index is 2.46. The average Bonchev–Trinajstić information content (AvgIpc) is 2.48. The molecule has 0 unspecified atom stereocenters. The van der Waals surface area contributed by atoms with Crippen molar-refractivity contribution >= 4 is 44.6 Å². The van der Waals surface area contributed by atoms with Gasteiger partial charge in [-0.15, -0.1) is 0 Å². The third-order valence-electron chi connectivity index (χ3n) is 2.64. The van der Waals surface area contributed by atoms with Gasteiger partial charge >= 0.3 is 0 Å². The number of para-hydroxylation sites is 1. The van der Waals surface area contributed by atoms with E-state index in [0.717, 1.165) is 12.5 Å². The number of rotatable bonds is 3. The van der Waals surface area contributed by atoms with Crippen LogP contribution >= 0.6 is 23.2 Å². The lowest BCUT2D eigenvalue weighted by Crippen LogP contribution is -2.18. The molecule has 0 bridgehead atoms. The molecule has 0 aliphatic heterocycles. The Morgan fingerprint density at radius 3 is 2.61 bits per heavy atom. The molecule has 1 aromatic heterocycles. The van der Waals surface area contributed by atoms with Crippen LogP contribution in [0.5, 0.6) is 0 Å². The Morgan fingerprint density at radius 2 is 2.00 bits per heavy atom. The summed E-state index contributed by atoms with van der Waals surface area (Å²) in [6.45, 7) is 0. The van der Waals surface area contributed by atoms with E-state index in [1.54, 1.807) is 6.07 Å². The summed E-state index contributed by atoms with van der Waals surface area (Å²) < 4.78 is 22.9. The highest BCUT2D eigenvalue weighted by Crippen LogP contribution is 2.26. The average molecular weight is 371 g/mol. The molecule has 0 saturated carbocycles. The van der Waals surface area contributed by atoms with Gasteiger partial charge in [-0.3, -0.25) is 4.79 Å². The number of halogens is 2. The Labute approximate surface area is 141 Å². The standard InChI is InChI=1S/C13H8Cl2N4O3S/c1-23(21,22)13-17-6-9(15)11(19-13)12(20)18-10-7(5-16)3-2-4-8(10)14/h2-4,6H,1H3,(H,18,20). The first-order chi connectivity index (χ1) is 10.7. The zero-order chi connectivity index (χ0) is 17.2. The lowest BCUT2D eigenvalue weighted by molar-refractivity contribution is 0.102. The van der Waals surface area contributed by atoms with E-state index in [0.29, 0.717) is 0 Å². The van der Waals surface area contributed by atoms with E-state index in [1.165, 1.54) is 12.1 Å². The number of sulfone groups is 1. The number of carbonyl (C=O) groups is 1. The molecule has 23 heavy (non-hydrogen) atoms. The topological polar surface area (TPSA) is 113 Å². The molecular formula is C13H8Cl2N4O3S. The van der Waals surface area contributed by atoms with Gasteiger partial charge in [0.05, 0.1) is 27.5 Å². The summed E-state index contributed by atoms with van der Waals surface area (Å²) in [5, 5.41) is 10.9. The summed E-state index contributed by atoms with van der Waals surface area (Å²) in [7, 11) is -3.71. The highest BCUT2D eigenvalue weighted by atomic mass is 35.5. The molecule has 0 atom stereocenters. The number of benzene rings is 1. The van der Waals surface area contributed by atoms with Crippen LogP contribution in [-0.2, 0) is 9.84 Å². The molecule has 1 N–H and O–H groups in total. The van der Waals surface area contributed by atoms with Crippen molar-refractivity contribution in [2.75, 3.05) is 11.6 Å². The third kappa shape index (κ3) is 3.76. The van der Waals surface area contributed by atoms with Gasteiger partial charge in [0, 0.05) is 6.26 Å². The van der Waals surface area contributed by atoms with Crippen LogP contribution in [0.4, 0.5) is 5.69 Å². The van der Waals surface area contributed by atoms with Crippen molar-refractivity contribution in [3.8, 4) is 6.07 Å². The predicted octanol–water partition coefficient (Wildman–Crippen LogP) is 2.31. The van der Waals surface area contributed by atoms with Crippen molar-refractivity contribution < 1.29 is 13.2 Å². The quantitative estimate of drug-likeness (QED) is 0.829. The zero-order valence-electron chi connectivity index (χ0n) is 11.5. The third-order valence-corrected chi connectivity index (χ3v) is 4.09. The van der Waals surface area contributed by atoms with Crippen LogP contribution in [0.2, 0.25) is 10.0 Å². The van der Waals surface area contributed by atoms with Crippen molar-refractivity contribution in [3.05, 3.63) is 45.7 Å². The lowest BCUT2D eigenvalue weighted by Gasteiger charge is -2.09. The van der Waals surface area contributed by atoms with E-state index in [9.17, 15) is 13.2 Å². The summed E-state index contributed by atoms with van der Waals surface area (Å²) in [5.74, 6) is -0.813. The van der Waals surface area contributed by atoms with Gasteiger partial charge in [-0.1, -0.05) is 29.3 Å². The monoisotopic (exact) mass is 370 g/mol. The van der Waals surface area contributed by atoms with Gasteiger partial charge < -0.3 is 5.32 Å². The van der Waals surface area contributed by atoms with E-state index < -0.39 is 20.9 Å². The van der Waals surface area contributed by atoms with Gasteiger partial charge in [-0.05, 0) is 12.1 Å². The molecule has 0 aliphatic rings. The fourth-order valence-corrected chi connectivity index (χ4v) is 2.51. The van der Waals surface area contributed by atoms with E-state index in [1.807, 2.05) is 6.07 Å². The summed E-state index contributed by atoms with van der Waals surface area (Å²) in [6, 6.07) is 6.39. The van der Waals surface area contributed by atoms with Crippen molar-refractivity contribution in [2.45, 2.75) is 5.16 Å². The zero-order valence-corrected chi connectivity index (χ0v) is 13.9. The Hall–Kier alpha value is -2.21. The summed E-state index contributed by atoms with van der Waals surface area (Å²) in [5.41, 5.74) is -0.123. The van der Waals surface area contributed by atoms with Crippen LogP contribution in [0.25, 0.3) is 0 Å². The number of hydrogen-bond donors (Lipinski definition) is 1. The molecule has 118 valence electrons. The van der Waals surface area contributed by atoms with Gasteiger partial charge in [0.25, 0.3) is 5.91 Å². The maximum absolute atomic E-state index is 12.3. The van der Waals surface area contributed by atoms with Crippen LogP contribution in [0.15, 0.2) is 29.6 Å². The minimum absolute atomic E-state index is 0.0808. The molecule has 1 aromatic carbocycles. The molecule has 2 aromatic rings. The smallest absolute Gasteiger partial charge is 0.276 e. The molecular weight excluding hydrogens is 363 g/mol. The SMILES string of the molecule is CS(=O)(=O)c1ncc(Cl)c(C(=O)Nc2c(Cl)cccc2C#N)n1. The summed E-state index contributed by atoms with van der Waals surface area (Å²) in [4.78, 5) is 19.5. The Kier molecular flexibility index (Phi) is 4.85. The van der Waals surface area contributed by atoms with Gasteiger partial charge in [0.1, 0.15) is 6.07 Å². The molecule has 10 heteroatoms. The molecule has 7 nitrogen and oxygen atoms in total. The van der Waals surface area contributed by atoms with Gasteiger partial charge in [0.15, 0.2) is 5.69 Å². The number of nitriles is 1. The predicted molar refractivity (Wildman–Crippen MR) is 84.3 cm³/mol. The van der Waals surface area contributed by atoms with E-state index >= 15 is 0 Å². The van der Waals surface area contributed by atoms with Crippen LogP contribution in [-0.4, -0.2) is 30.5 Å². The second-order valence-corrected chi connectivity index (χ2v) is 7.07. The largest absolute Gasteiger partial charge is 0.318 e. The molecule has 0 saturated heterocycles. The van der Waals surface area contributed by atoms with Crippen molar-refractivity contribution in [1.82, 2.24) is 9.97 Å². The minimum Gasteiger partial charge on any atom is -0.318 e. The highest BCUT2D eigenvalue weighted by Gasteiger charge is 2.20. The van der Waals surface area contributed by atoms with E-state index in [4.69, 9.17) is 28.5 Å². The first-order valence-electron chi connectivity index (χ1n) is 5.96. The van der Waals surface area contributed by atoms with Crippen molar-refractivity contribution in [3.63, 3.8) is 0 Å². The number of amides is 1. The first-order valence-corrected chi connectivity index (χ1v) is 8.61. The number of aromatic nitrogens is 2. The molecule has 1 heterocycles. The fourth-order valence-electron chi connectivity index (χ4n) is 1.61. The highest BCUT2D eigenvalue weighted by molar-refractivity contribution is 7.90. The number of nitrogens with zero attached hydrogens (tertiary/aromatic N) is 3. The molecule has 1 amide bonds. The van der Waals surface area contributed by atoms with Gasteiger partial charge in [-0.25, -0.2) is 18.4 Å². The molecule has 0 aliphatic carbocycles. The van der Waals surface area contributed by atoms with Crippen LogP contribution in [0.1, 0.15) is 16.1 Å². The van der Waals surface area contributed by atoms with Crippen molar-refractivity contribution in [1.29, 1.82) is 5.26 Å². The maximum Gasteiger partial charge on any atom is 0.276 e. The fraction of sp³-hybridized carbons (Fsp3) is 0.0769. The molecule has 0 radical (unpaired) electrons. The molecule has 0 spiro atoms. The van der Waals surface area contributed by atoms with Crippen molar-refractivity contribution in [2.24, 2.45) is 0 Å². The van der Waals surface area contributed by atoms with Crippen LogP contribution in [0.3, 0.4) is 0 Å². The minimum atomic E-state index is -3.71. The number of carbonyl (C=O) groups excluding carboxylic acids is 1. The maximum atomic E-state index is 12.3. The number of hydrogen-bond acceptors (Lipinski definition) is 6. The summed E-state index contributed by atoms with van der Waals surface area (Å²) in [6.07, 6.45) is 1.91. The lowest BCUT2D eigenvalue weighted by atomic mass is 10.2. The van der Waals surface area contributed by atoms with E-state index in [-0.39, 0.29) is 27.0 Å². The second-order valence-electron chi connectivity index (χ2n) is 4.35. The second kappa shape index (κ2) is 6.50. The number of nitrogens with one attached hydrogen (secondary N) is 1. The van der Waals surface area contributed by atoms with Gasteiger partial charge in [-0.2, -0.15) is 5.26 Å². The molecule has 0 fully saturated rings. The number of anilines is 1. The van der Waals surface area contributed by atoms with Crippen LogP contribution < -0.4 is 5.32 Å².